The van der Waals surface area contributed by atoms with Gasteiger partial charge >= 0.3 is 5.97 Å². The lowest BCUT2D eigenvalue weighted by Gasteiger charge is -2.19. The first kappa shape index (κ1) is 26.0. The summed E-state index contributed by atoms with van der Waals surface area (Å²) in [6, 6.07) is 9.89. The van der Waals surface area contributed by atoms with Crippen LogP contribution < -0.4 is 0 Å². The number of hydrogen-bond acceptors (Lipinski definition) is 5. The number of ketones is 1. The molecule has 5 heteroatoms. The zero-order valence-corrected chi connectivity index (χ0v) is 19.2. The first-order valence-corrected chi connectivity index (χ1v) is 11.9. The number of benzene rings is 1. The quantitative estimate of drug-likeness (QED) is 0.191. The Morgan fingerprint density at radius 1 is 1.06 bits per heavy atom. The Labute approximate surface area is 192 Å². The van der Waals surface area contributed by atoms with E-state index in [9.17, 15) is 19.8 Å². The molecular weight excluding hydrogens is 404 g/mol. The Bertz CT molecular complexity index is 740. The number of carbonyl (C=O) groups excluding carboxylic acids is 2. The van der Waals surface area contributed by atoms with E-state index in [-0.39, 0.29) is 23.6 Å². The zero-order chi connectivity index (χ0) is 23.2. The van der Waals surface area contributed by atoms with E-state index in [1.165, 1.54) is 0 Å². The Kier molecular flexibility index (Phi) is 12.0. The fourth-order valence-electron chi connectivity index (χ4n) is 4.06. The molecule has 0 heterocycles. The molecule has 1 fully saturated rings. The van der Waals surface area contributed by atoms with Crippen molar-refractivity contribution in [2.45, 2.75) is 76.9 Å². The summed E-state index contributed by atoms with van der Waals surface area (Å²) in [4.78, 5) is 23.8. The SMILES string of the molecule is CCCCOC(=O)CCC/C=C\C[C@@H]1C(/C=C/C(=O)CCc2ccccc2)[C@H](O)C[C@@H]1O. The van der Waals surface area contributed by atoms with Crippen molar-refractivity contribution in [3.63, 3.8) is 0 Å². The van der Waals surface area contributed by atoms with Crippen LogP contribution in [0.3, 0.4) is 0 Å². The molecule has 0 saturated heterocycles. The number of allylic oxidation sites excluding steroid dienone is 3. The van der Waals surface area contributed by atoms with Gasteiger partial charge in [0.2, 0.25) is 0 Å². The topological polar surface area (TPSA) is 83.8 Å². The number of aliphatic hydroxyl groups excluding tert-OH is 2. The summed E-state index contributed by atoms with van der Waals surface area (Å²) >= 11 is 0. The molecule has 2 rings (SSSR count). The largest absolute Gasteiger partial charge is 0.466 e. The predicted octanol–water partition coefficient (Wildman–Crippen LogP) is 4.56. The third-order valence-corrected chi connectivity index (χ3v) is 6.01. The van der Waals surface area contributed by atoms with Crippen LogP contribution in [-0.2, 0) is 20.7 Å². The summed E-state index contributed by atoms with van der Waals surface area (Å²) < 4.78 is 5.14. The Balaban J connectivity index is 1.73. The van der Waals surface area contributed by atoms with Crippen LogP contribution >= 0.6 is 0 Å². The van der Waals surface area contributed by atoms with Crippen LogP contribution in [0.4, 0.5) is 0 Å². The van der Waals surface area contributed by atoms with Crippen molar-refractivity contribution in [2.75, 3.05) is 6.61 Å². The van der Waals surface area contributed by atoms with Crippen molar-refractivity contribution in [1.29, 1.82) is 0 Å². The second-order valence-corrected chi connectivity index (χ2v) is 8.60. The Hall–Kier alpha value is -2.24. The van der Waals surface area contributed by atoms with Gasteiger partial charge in [-0.25, -0.2) is 0 Å². The molecule has 1 unspecified atom stereocenters. The van der Waals surface area contributed by atoms with Crippen molar-refractivity contribution >= 4 is 11.8 Å². The van der Waals surface area contributed by atoms with E-state index < -0.39 is 12.2 Å². The molecule has 0 spiro atoms. The van der Waals surface area contributed by atoms with Crippen molar-refractivity contribution in [2.24, 2.45) is 11.8 Å². The number of aliphatic hydroxyl groups is 2. The molecule has 1 aliphatic rings. The lowest BCUT2D eigenvalue weighted by atomic mass is 9.89. The minimum absolute atomic E-state index is 0.0301. The molecule has 0 aromatic heterocycles. The van der Waals surface area contributed by atoms with Gasteiger partial charge in [-0.2, -0.15) is 0 Å². The van der Waals surface area contributed by atoms with Crippen LogP contribution in [0, 0.1) is 11.8 Å². The molecule has 1 aliphatic carbocycles. The van der Waals surface area contributed by atoms with E-state index in [4.69, 9.17) is 4.74 Å². The van der Waals surface area contributed by atoms with Crippen molar-refractivity contribution in [3.8, 4) is 0 Å². The highest BCUT2D eigenvalue weighted by atomic mass is 16.5. The maximum Gasteiger partial charge on any atom is 0.305 e. The minimum Gasteiger partial charge on any atom is -0.466 e. The predicted molar refractivity (Wildman–Crippen MR) is 126 cm³/mol. The van der Waals surface area contributed by atoms with Gasteiger partial charge in [-0.3, -0.25) is 9.59 Å². The lowest BCUT2D eigenvalue weighted by molar-refractivity contribution is -0.143. The summed E-state index contributed by atoms with van der Waals surface area (Å²) in [6.07, 6.45) is 12.0. The molecule has 176 valence electrons. The summed E-state index contributed by atoms with van der Waals surface area (Å²) in [6.45, 7) is 2.56. The molecule has 0 radical (unpaired) electrons. The summed E-state index contributed by atoms with van der Waals surface area (Å²) in [7, 11) is 0. The van der Waals surface area contributed by atoms with E-state index >= 15 is 0 Å². The zero-order valence-electron chi connectivity index (χ0n) is 19.2. The van der Waals surface area contributed by atoms with Crippen LogP contribution in [0.15, 0.2) is 54.6 Å². The maximum atomic E-state index is 12.3. The molecule has 1 aromatic carbocycles. The van der Waals surface area contributed by atoms with E-state index in [2.05, 4.69) is 6.92 Å². The van der Waals surface area contributed by atoms with Gasteiger partial charge in [0.05, 0.1) is 18.8 Å². The van der Waals surface area contributed by atoms with E-state index in [0.29, 0.717) is 38.7 Å². The van der Waals surface area contributed by atoms with Gasteiger partial charge in [-0.15, -0.1) is 0 Å². The van der Waals surface area contributed by atoms with Crippen molar-refractivity contribution in [1.82, 2.24) is 0 Å². The van der Waals surface area contributed by atoms with Gasteiger partial charge in [-0.05, 0) is 49.7 Å². The van der Waals surface area contributed by atoms with Crippen LogP contribution in [0.5, 0.6) is 0 Å². The van der Waals surface area contributed by atoms with Gasteiger partial charge < -0.3 is 14.9 Å². The fraction of sp³-hybridized carbons (Fsp3) is 0.556. The highest BCUT2D eigenvalue weighted by molar-refractivity contribution is 5.89. The molecule has 5 nitrogen and oxygen atoms in total. The van der Waals surface area contributed by atoms with Crippen LogP contribution in [0.1, 0.15) is 63.9 Å². The summed E-state index contributed by atoms with van der Waals surface area (Å²) in [5, 5.41) is 20.7. The molecule has 0 bridgehead atoms. The molecule has 32 heavy (non-hydrogen) atoms. The van der Waals surface area contributed by atoms with Crippen LogP contribution in [0.25, 0.3) is 0 Å². The minimum atomic E-state index is -0.639. The second-order valence-electron chi connectivity index (χ2n) is 8.60. The first-order chi connectivity index (χ1) is 15.5. The van der Waals surface area contributed by atoms with E-state index in [1.54, 1.807) is 12.2 Å². The molecule has 1 saturated carbocycles. The number of esters is 1. The first-order valence-electron chi connectivity index (χ1n) is 11.9. The number of carbonyl (C=O) groups is 2. The number of aryl methyl sites for hydroxylation is 1. The molecule has 1 aromatic rings. The van der Waals surface area contributed by atoms with Gasteiger partial charge in [0.1, 0.15) is 0 Å². The number of rotatable bonds is 14. The van der Waals surface area contributed by atoms with Gasteiger partial charge in [0, 0.05) is 25.2 Å². The Morgan fingerprint density at radius 3 is 2.59 bits per heavy atom. The van der Waals surface area contributed by atoms with Gasteiger partial charge in [-0.1, -0.05) is 61.9 Å². The molecular formula is C27H38O5. The molecule has 0 amide bonds. The molecule has 2 N–H and O–H groups in total. The van der Waals surface area contributed by atoms with Crippen LogP contribution in [0.2, 0.25) is 0 Å². The smallest absolute Gasteiger partial charge is 0.305 e. The van der Waals surface area contributed by atoms with Crippen LogP contribution in [-0.4, -0.2) is 40.8 Å². The third kappa shape index (κ3) is 9.49. The van der Waals surface area contributed by atoms with E-state index in [0.717, 1.165) is 31.2 Å². The molecule has 4 atom stereocenters. The van der Waals surface area contributed by atoms with Gasteiger partial charge in [0.15, 0.2) is 5.78 Å². The molecule has 0 aliphatic heterocycles. The number of ether oxygens (including phenoxy) is 1. The normalized spacial score (nSPS) is 23.2. The van der Waals surface area contributed by atoms with E-state index in [1.807, 2.05) is 42.5 Å². The number of hydrogen-bond donors (Lipinski definition) is 2. The monoisotopic (exact) mass is 442 g/mol. The fourth-order valence-corrected chi connectivity index (χ4v) is 4.06. The average molecular weight is 443 g/mol. The van der Waals surface area contributed by atoms with Crippen molar-refractivity contribution in [3.05, 3.63) is 60.2 Å². The highest BCUT2D eigenvalue weighted by Gasteiger charge is 2.39. The summed E-state index contributed by atoms with van der Waals surface area (Å²) in [5.41, 5.74) is 1.13. The number of unbranched alkanes of at least 4 members (excludes halogenated alkanes) is 2. The van der Waals surface area contributed by atoms with Gasteiger partial charge in [0.25, 0.3) is 0 Å². The second kappa shape index (κ2) is 14.8. The average Bonchev–Trinajstić information content (AvgIpc) is 3.06. The lowest BCUT2D eigenvalue weighted by Crippen LogP contribution is -2.20. The summed E-state index contributed by atoms with van der Waals surface area (Å²) in [5.74, 6) is -0.465. The van der Waals surface area contributed by atoms with Crippen molar-refractivity contribution < 1.29 is 24.5 Å². The maximum absolute atomic E-state index is 12.3. The highest BCUT2D eigenvalue weighted by Crippen LogP contribution is 2.36. The third-order valence-electron chi connectivity index (χ3n) is 6.01. The Morgan fingerprint density at radius 2 is 1.84 bits per heavy atom. The standard InChI is InChI=1S/C27H38O5/c1-2-3-19-32-27(31)14-10-5-4-9-13-23-24(26(30)20-25(23)29)18-17-22(28)16-15-21-11-7-6-8-12-21/h4,6-9,11-12,17-18,23-26,29-30H,2-3,5,10,13-16,19-20H2,1H3/b9-4-,18-17+/t23-,24?,25+,26-/m1/s1.